The number of anilines is 2. The molecule has 0 unspecified atom stereocenters. The van der Waals surface area contributed by atoms with Crippen LogP contribution in [0.2, 0.25) is 0 Å². The highest BCUT2D eigenvalue weighted by atomic mass is 16.7. The minimum Gasteiger partial charge on any atom is -0.454 e. The molecule has 0 spiro atoms. The first-order valence-corrected chi connectivity index (χ1v) is 7.36. The molecule has 0 fully saturated rings. The van der Waals surface area contributed by atoms with Crippen molar-refractivity contribution in [3.8, 4) is 11.5 Å². The van der Waals surface area contributed by atoms with E-state index < -0.39 is 0 Å². The smallest absolute Gasteiger partial charge is 0.231 e. The third kappa shape index (κ3) is 2.06. The summed E-state index contributed by atoms with van der Waals surface area (Å²) in [5.74, 6) is 2.87. The van der Waals surface area contributed by atoms with Crippen LogP contribution in [0, 0.1) is 0 Å². The Labute approximate surface area is 128 Å². The second-order valence-electron chi connectivity index (χ2n) is 5.62. The number of ether oxygens (including phenoxy) is 2. The van der Waals surface area contributed by atoms with Crippen molar-refractivity contribution in [1.29, 1.82) is 0 Å². The molecule has 2 aromatic heterocycles. The molecule has 3 heterocycles. The lowest BCUT2D eigenvalue weighted by Gasteiger charge is -2.11. The highest BCUT2D eigenvalue weighted by Gasteiger charge is 2.17. The van der Waals surface area contributed by atoms with Gasteiger partial charge in [0.1, 0.15) is 11.5 Å². The Morgan fingerprint density at radius 3 is 2.86 bits per heavy atom. The molecule has 5 heteroatoms. The Balaban J connectivity index is 1.78. The summed E-state index contributed by atoms with van der Waals surface area (Å²) in [7, 11) is 0. The van der Waals surface area contributed by atoms with Crippen LogP contribution in [0.1, 0.15) is 25.5 Å². The van der Waals surface area contributed by atoms with E-state index in [4.69, 9.17) is 14.5 Å². The third-order valence-electron chi connectivity index (χ3n) is 3.74. The monoisotopic (exact) mass is 295 g/mol. The number of benzene rings is 1. The van der Waals surface area contributed by atoms with Crippen LogP contribution in [0.15, 0.2) is 42.6 Å². The fourth-order valence-corrected chi connectivity index (χ4v) is 2.65. The zero-order chi connectivity index (χ0) is 15.1. The normalized spacial score (nSPS) is 13.0. The van der Waals surface area contributed by atoms with Crippen molar-refractivity contribution in [2.75, 3.05) is 12.1 Å². The summed E-state index contributed by atoms with van der Waals surface area (Å²) in [5.41, 5.74) is 2.94. The zero-order valence-corrected chi connectivity index (χ0v) is 12.5. The molecule has 0 saturated carbocycles. The Hall–Kier alpha value is -2.69. The predicted octanol–water partition coefficient (Wildman–Crippen LogP) is 3.93. The number of hydrogen-bond acceptors (Lipinski definition) is 4. The summed E-state index contributed by atoms with van der Waals surface area (Å²) in [5, 5.41) is 3.47. The van der Waals surface area contributed by atoms with E-state index in [1.165, 1.54) is 0 Å². The second kappa shape index (κ2) is 4.94. The summed E-state index contributed by atoms with van der Waals surface area (Å²) >= 11 is 0. The number of hydrogen-bond donors (Lipinski definition) is 1. The van der Waals surface area contributed by atoms with Gasteiger partial charge in [0.25, 0.3) is 0 Å². The van der Waals surface area contributed by atoms with Crippen LogP contribution in [0.4, 0.5) is 11.5 Å². The Kier molecular flexibility index (Phi) is 2.92. The van der Waals surface area contributed by atoms with E-state index in [9.17, 15) is 0 Å². The molecule has 0 amide bonds. The molecule has 0 atom stereocenters. The SMILES string of the molecule is CC(C)c1nc2ccccn2c1Nc1ccc2c(c1)OCO2. The lowest BCUT2D eigenvalue weighted by molar-refractivity contribution is 0.174. The topological polar surface area (TPSA) is 47.8 Å². The van der Waals surface area contributed by atoms with Gasteiger partial charge in [0.05, 0.1) is 5.69 Å². The zero-order valence-electron chi connectivity index (χ0n) is 12.5. The first-order valence-electron chi connectivity index (χ1n) is 7.36. The van der Waals surface area contributed by atoms with Crippen molar-refractivity contribution in [2.45, 2.75) is 19.8 Å². The van der Waals surface area contributed by atoms with Gasteiger partial charge in [-0.25, -0.2) is 4.98 Å². The van der Waals surface area contributed by atoms with Crippen molar-refractivity contribution >= 4 is 17.2 Å². The lowest BCUT2D eigenvalue weighted by atomic mass is 10.1. The molecule has 22 heavy (non-hydrogen) atoms. The van der Waals surface area contributed by atoms with E-state index in [1.807, 2.05) is 42.6 Å². The molecule has 3 aromatic rings. The Morgan fingerprint density at radius 1 is 1.14 bits per heavy atom. The minimum atomic E-state index is 0.283. The van der Waals surface area contributed by atoms with Gasteiger partial charge in [0, 0.05) is 18.0 Å². The molecular formula is C17H17N3O2. The number of nitrogens with one attached hydrogen (secondary N) is 1. The second-order valence-corrected chi connectivity index (χ2v) is 5.62. The first-order chi connectivity index (χ1) is 10.7. The maximum atomic E-state index is 5.44. The highest BCUT2D eigenvalue weighted by Crippen LogP contribution is 2.36. The molecular weight excluding hydrogens is 278 g/mol. The van der Waals surface area contributed by atoms with Crippen LogP contribution in [-0.4, -0.2) is 16.2 Å². The fraction of sp³-hybridized carbons (Fsp3) is 0.235. The van der Waals surface area contributed by atoms with Crippen LogP contribution in [0.5, 0.6) is 11.5 Å². The number of pyridine rings is 1. The van der Waals surface area contributed by atoms with Crippen LogP contribution in [-0.2, 0) is 0 Å². The largest absolute Gasteiger partial charge is 0.454 e. The average molecular weight is 295 g/mol. The maximum absolute atomic E-state index is 5.44. The molecule has 4 rings (SSSR count). The van der Waals surface area contributed by atoms with Crippen LogP contribution in [0.25, 0.3) is 5.65 Å². The molecule has 0 aliphatic carbocycles. The van der Waals surface area contributed by atoms with Gasteiger partial charge in [-0.15, -0.1) is 0 Å². The number of rotatable bonds is 3. The molecule has 1 aromatic carbocycles. The quantitative estimate of drug-likeness (QED) is 0.795. The van der Waals surface area contributed by atoms with E-state index in [2.05, 4.69) is 23.6 Å². The average Bonchev–Trinajstić information content (AvgIpc) is 3.12. The highest BCUT2D eigenvalue weighted by molar-refractivity contribution is 5.67. The summed E-state index contributed by atoms with van der Waals surface area (Å²) in [6, 6.07) is 11.9. The van der Waals surface area contributed by atoms with Gasteiger partial charge in [-0.2, -0.15) is 0 Å². The van der Waals surface area contributed by atoms with Gasteiger partial charge < -0.3 is 14.8 Å². The third-order valence-corrected chi connectivity index (χ3v) is 3.74. The molecule has 0 bridgehead atoms. The molecule has 5 nitrogen and oxygen atoms in total. The molecule has 1 N–H and O–H groups in total. The maximum Gasteiger partial charge on any atom is 0.231 e. The molecule has 112 valence electrons. The molecule has 1 aliphatic rings. The first kappa shape index (κ1) is 13.0. The van der Waals surface area contributed by atoms with Crippen LogP contribution in [0.3, 0.4) is 0 Å². The van der Waals surface area contributed by atoms with Crippen molar-refractivity contribution in [3.05, 3.63) is 48.3 Å². The Morgan fingerprint density at radius 2 is 2.00 bits per heavy atom. The standard InChI is InChI=1S/C17H17N3O2/c1-11(2)16-17(20-8-4-3-5-15(20)19-16)18-12-6-7-13-14(9-12)22-10-21-13/h3-9,11,18H,10H2,1-2H3. The molecule has 1 aliphatic heterocycles. The van der Waals surface area contributed by atoms with E-state index in [0.29, 0.717) is 5.92 Å². The summed E-state index contributed by atoms with van der Waals surface area (Å²) in [6.45, 7) is 4.57. The summed E-state index contributed by atoms with van der Waals surface area (Å²) in [6.07, 6.45) is 2.02. The molecule has 0 radical (unpaired) electrons. The van der Waals surface area contributed by atoms with Gasteiger partial charge in [0.15, 0.2) is 11.5 Å². The number of nitrogens with zero attached hydrogens (tertiary/aromatic N) is 2. The van der Waals surface area contributed by atoms with Crippen molar-refractivity contribution < 1.29 is 9.47 Å². The van der Waals surface area contributed by atoms with Crippen LogP contribution < -0.4 is 14.8 Å². The fourth-order valence-electron chi connectivity index (χ4n) is 2.65. The van der Waals surface area contributed by atoms with Crippen LogP contribution >= 0.6 is 0 Å². The van der Waals surface area contributed by atoms with Gasteiger partial charge in [-0.3, -0.25) is 4.40 Å². The van der Waals surface area contributed by atoms with Gasteiger partial charge in [-0.05, 0) is 30.2 Å². The number of aromatic nitrogens is 2. The van der Waals surface area contributed by atoms with E-state index in [0.717, 1.165) is 34.3 Å². The van der Waals surface area contributed by atoms with E-state index in [-0.39, 0.29) is 6.79 Å². The summed E-state index contributed by atoms with van der Waals surface area (Å²) in [4.78, 5) is 4.73. The van der Waals surface area contributed by atoms with Gasteiger partial charge in [-0.1, -0.05) is 19.9 Å². The van der Waals surface area contributed by atoms with Gasteiger partial charge >= 0.3 is 0 Å². The predicted molar refractivity (Wildman–Crippen MR) is 85.1 cm³/mol. The number of imidazole rings is 1. The van der Waals surface area contributed by atoms with Crippen molar-refractivity contribution in [1.82, 2.24) is 9.38 Å². The van der Waals surface area contributed by atoms with Gasteiger partial charge in [0.2, 0.25) is 6.79 Å². The van der Waals surface area contributed by atoms with E-state index in [1.54, 1.807) is 0 Å². The van der Waals surface area contributed by atoms with Crippen molar-refractivity contribution in [3.63, 3.8) is 0 Å². The Bertz CT molecular complexity index is 839. The molecule has 0 saturated heterocycles. The number of fused-ring (bicyclic) bond motifs is 2. The minimum absolute atomic E-state index is 0.283. The van der Waals surface area contributed by atoms with E-state index >= 15 is 0 Å². The van der Waals surface area contributed by atoms with Crippen molar-refractivity contribution in [2.24, 2.45) is 0 Å². The lowest BCUT2D eigenvalue weighted by Crippen LogP contribution is -1.99. The summed E-state index contributed by atoms with van der Waals surface area (Å²) < 4.78 is 12.9.